The normalized spacial score (nSPS) is 15.5. The van der Waals surface area contributed by atoms with E-state index in [1.165, 1.54) is 6.42 Å². The van der Waals surface area contributed by atoms with Crippen LogP contribution in [0.5, 0.6) is 0 Å². The fourth-order valence-electron chi connectivity index (χ4n) is 0.946. The number of hydrogen-bond acceptors (Lipinski definition) is 5. The molecule has 1 aliphatic carbocycles. The van der Waals surface area contributed by atoms with E-state index in [1.54, 1.807) is 0 Å². The van der Waals surface area contributed by atoms with Crippen LogP contribution in [-0.2, 0) is 4.79 Å². The molecule has 1 aliphatic rings. The minimum atomic E-state index is 0.464. The summed E-state index contributed by atoms with van der Waals surface area (Å²) in [7, 11) is 0. The molecule has 0 atom stereocenters. The van der Waals surface area contributed by atoms with E-state index in [9.17, 15) is 4.79 Å². The van der Waals surface area contributed by atoms with Gasteiger partial charge in [-0.3, -0.25) is 25.8 Å². The van der Waals surface area contributed by atoms with Crippen LogP contribution in [0, 0.1) is 0 Å². The standard InChI is InChI=1S/C6H10O.2H2O2/c7-6-4-2-1-3-5-6;2*1-2/h1-5H2;2*1-2H. The second kappa shape index (κ2) is 12.2. The van der Waals surface area contributed by atoms with Crippen LogP contribution in [0.15, 0.2) is 0 Å². The molecular formula is C6H14O5. The average molecular weight is 166 g/mol. The Balaban J connectivity index is 0. The molecule has 5 nitrogen and oxygen atoms in total. The largest absolute Gasteiger partial charge is 0.300 e. The van der Waals surface area contributed by atoms with Crippen LogP contribution in [0.25, 0.3) is 0 Å². The van der Waals surface area contributed by atoms with Crippen molar-refractivity contribution in [1.82, 2.24) is 0 Å². The molecule has 0 heterocycles. The molecule has 0 aromatic carbocycles. The van der Waals surface area contributed by atoms with Gasteiger partial charge in [-0.1, -0.05) is 6.42 Å². The van der Waals surface area contributed by atoms with Gasteiger partial charge in [0.2, 0.25) is 0 Å². The van der Waals surface area contributed by atoms with Crippen molar-refractivity contribution in [2.45, 2.75) is 32.1 Å². The molecule has 68 valence electrons. The summed E-state index contributed by atoms with van der Waals surface area (Å²) < 4.78 is 0. The second-order valence-electron chi connectivity index (χ2n) is 2.10. The molecule has 1 rings (SSSR count). The van der Waals surface area contributed by atoms with Gasteiger partial charge in [0.05, 0.1) is 0 Å². The van der Waals surface area contributed by atoms with Crippen molar-refractivity contribution in [3.63, 3.8) is 0 Å². The lowest BCUT2D eigenvalue weighted by molar-refractivity contribution is -0.176. The summed E-state index contributed by atoms with van der Waals surface area (Å²) in [5, 5.41) is 24.0. The molecule has 0 aromatic heterocycles. The van der Waals surface area contributed by atoms with Gasteiger partial charge in [-0.15, -0.1) is 0 Å². The maximum Gasteiger partial charge on any atom is 0.132 e. The monoisotopic (exact) mass is 166 g/mol. The van der Waals surface area contributed by atoms with Crippen LogP contribution in [0.2, 0.25) is 0 Å². The Bertz CT molecular complexity index is 75.0. The van der Waals surface area contributed by atoms with Crippen molar-refractivity contribution in [3.8, 4) is 0 Å². The molecule has 11 heavy (non-hydrogen) atoms. The van der Waals surface area contributed by atoms with E-state index in [0.29, 0.717) is 5.78 Å². The number of hydrogen-bond donors (Lipinski definition) is 4. The number of rotatable bonds is 0. The first-order chi connectivity index (χ1) is 5.39. The van der Waals surface area contributed by atoms with Crippen molar-refractivity contribution in [3.05, 3.63) is 0 Å². The topological polar surface area (TPSA) is 98.0 Å². The van der Waals surface area contributed by atoms with Gasteiger partial charge >= 0.3 is 0 Å². The Labute approximate surface area is 64.8 Å². The smallest absolute Gasteiger partial charge is 0.132 e. The van der Waals surface area contributed by atoms with Crippen LogP contribution in [-0.4, -0.2) is 26.8 Å². The van der Waals surface area contributed by atoms with E-state index in [4.69, 9.17) is 21.0 Å². The third-order valence-corrected chi connectivity index (χ3v) is 1.41. The van der Waals surface area contributed by atoms with E-state index in [0.717, 1.165) is 25.7 Å². The van der Waals surface area contributed by atoms with E-state index >= 15 is 0 Å². The van der Waals surface area contributed by atoms with E-state index < -0.39 is 0 Å². The zero-order chi connectivity index (χ0) is 9.11. The molecule has 0 spiro atoms. The second-order valence-corrected chi connectivity index (χ2v) is 2.10. The van der Waals surface area contributed by atoms with Crippen molar-refractivity contribution in [2.24, 2.45) is 0 Å². The van der Waals surface area contributed by atoms with E-state index in [-0.39, 0.29) is 0 Å². The predicted molar refractivity (Wildman–Crippen MR) is 38.6 cm³/mol. The Hall–Kier alpha value is -0.490. The van der Waals surface area contributed by atoms with Crippen molar-refractivity contribution < 1.29 is 25.8 Å². The summed E-state index contributed by atoms with van der Waals surface area (Å²) in [4.78, 5) is 10.5. The molecule has 0 saturated heterocycles. The summed E-state index contributed by atoms with van der Waals surface area (Å²) in [5.41, 5.74) is 0. The van der Waals surface area contributed by atoms with Crippen molar-refractivity contribution in [1.29, 1.82) is 0 Å². The van der Waals surface area contributed by atoms with Crippen LogP contribution < -0.4 is 0 Å². The summed E-state index contributed by atoms with van der Waals surface area (Å²) in [6.45, 7) is 0. The first kappa shape index (κ1) is 13.1. The SMILES string of the molecule is O=C1CCCCC1.OO.OO. The highest BCUT2D eigenvalue weighted by atomic mass is 17.0. The third kappa shape index (κ3) is 9.51. The highest BCUT2D eigenvalue weighted by Gasteiger charge is 2.05. The number of carbonyl (C=O) groups excluding carboxylic acids is 1. The third-order valence-electron chi connectivity index (χ3n) is 1.41. The molecule has 0 aliphatic heterocycles. The molecule has 0 aromatic rings. The maximum atomic E-state index is 10.5. The van der Waals surface area contributed by atoms with Gasteiger partial charge in [-0.25, -0.2) is 0 Å². The quantitative estimate of drug-likeness (QED) is 0.323. The van der Waals surface area contributed by atoms with Crippen molar-refractivity contribution >= 4 is 5.78 Å². The van der Waals surface area contributed by atoms with E-state index in [2.05, 4.69) is 0 Å². The zero-order valence-electron chi connectivity index (χ0n) is 6.23. The Kier molecular flexibility index (Phi) is 14.6. The highest BCUT2D eigenvalue weighted by Crippen LogP contribution is 2.12. The minimum Gasteiger partial charge on any atom is -0.300 e. The number of Topliss-reactive ketones (excluding diaryl/α,β-unsaturated/α-hetero) is 1. The Morgan fingerprint density at radius 3 is 1.36 bits per heavy atom. The Morgan fingerprint density at radius 2 is 1.18 bits per heavy atom. The lowest BCUT2D eigenvalue weighted by Crippen LogP contribution is -2.02. The van der Waals surface area contributed by atoms with Gasteiger partial charge < -0.3 is 0 Å². The van der Waals surface area contributed by atoms with Crippen LogP contribution in [0.1, 0.15) is 32.1 Å². The number of ketones is 1. The highest BCUT2D eigenvalue weighted by molar-refractivity contribution is 5.78. The lowest BCUT2D eigenvalue weighted by atomic mass is 10.00. The summed E-state index contributed by atoms with van der Waals surface area (Å²) in [6, 6.07) is 0. The average Bonchev–Trinajstić information content (AvgIpc) is 2.13. The summed E-state index contributed by atoms with van der Waals surface area (Å²) >= 11 is 0. The lowest BCUT2D eigenvalue weighted by Gasteiger charge is -2.05. The van der Waals surface area contributed by atoms with E-state index in [1.807, 2.05) is 0 Å². The molecule has 4 N–H and O–H groups in total. The van der Waals surface area contributed by atoms with Crippen molar-refractivity contribution in [2.75, 3.05) is 0 Å². The Morgan fingerprint density at radius 1 is 0.818 bits per heavy atom. The van der Waals surface area contributed by atoms with Gasteiger partial charge in [0.15, 0.2) is 0 Å². The fraction of sp³-hybridized carbons (Fsp3) is 0.833. The maximum absolute atomic E-state index is 10.5. The molecule has 0 bridgehead atoms. The summed E-state index contributed by atoms with van der Waals surface area (Å²) in [5.74, 6) is 0.464. The minimum absolute atomic E-state index is 0.464. The molecule has 1 saturated carbocycles. The molecular weight excluding hydrogens is 152 g/mol. The molecule has 0 amide bonds. The van der Waals surface area contributed by atoms with Crippen LogP contribution in [0.4, 0.5) is 0 Å². The molecule has 5 heteroatoms. The fourth-order valence-corrected chi connectivity index (χ4v) is 0.946. The van der Waals surface area contributed by atoms with Gasteiger partial charge in [-0.05, 0) is 12.8 Å². The summed E-state index contributed by atoms with van der Waals surface area (Å²) in [6.07, 6.45) is 5.24. The first-order valence-electron chi connectivity index (χ1n) is 3.31. The van der Waals surface area contributed by atoms with Crippen LogP contribution in [0.3, 0.4) is 0 Å². The van der Waals surface area contributed by atoms with Crippen LogP contribution >= 0.6 is 0 Å². The van der Waals surface area contributed by atoms with Gasteiger partial charge in [0.25, 0.3) is 0 Å². The molecule has 0 radical (unpaired) electrons. The number of carbonyl (C=O) groups is 1. The molecule has 1 fully saturated rings. The molecule has 0 unspecified atom stereocenters. The van der Waals surface area contributed by atoms with Gasteiger partial charge in [0.1, 0.15) is 5.78 Å². The van der Waals surface area contributed by atoms with Gasteiger partial charge in [-0.2, -0.15) is 0 Å². The first-order valence-corrected chi connectivity index (χ1v) is 3.31. The zero-order valence-corrected chi connectivity index (χ0v) is 6.23. The van der Waals surface area contributed by atoms with Gasteiger partial charge in [0, 0.05) is 12.8 Å². The predicted octanol–water partition coefficient (Wildman–Crippen LogP) is 1.55.